The zero-order valence-corrected chi connectivity index (χ0v) is 16.8. The predicted octanol–water partition coefficient (Wildman–Crippen LogP) is 2.11. The molecule has 29 heavy (non-hydrogen) atoms. The largest absolute Gasteiger partial charge is 0.374 e. The average Bonchev–Trinajstić information content (AvgIpc) is 3.17. The number of carbonyl (C=O) groups is 2. The molecule has 2 saturated heterocycles. The molecule has 4 rings (SSSR count). The number of piperazine rings is 1. The number of nitrogens with zero attached hydrogens (tertiary/aromatic N) is 1. The summed E-state index contributed by atoms with van der Waals surface area (Å²) in [4.78, 5) is 27.1. The van der Waals surface area contributed by atoms with E-state index in [1.165, 1.54) is 0 Å². The Bertz CT molecular complexity index is 877. The summed E-state index contributed by atoms with van der Waals surface area (Å²) in [7, 11) is 0. The Morgan fingerprint density at radius 3 is 2.66 bits per heavy atom. The third kappa shape index (κ3) is 4.61. The quantitative estimate of drug-likeness (QED) is 0.729. The zero-order valence-electron chi connectivity index (χ0n) is 16.0. The van der Waals surface area contributed by atoms with Gasteiger partial charge in [-0.2, -0.15) is 0 Å². The number of halogens is 1. The highest BCUT2D eigenvalue weighted by Crippen LogP contribution is 2.24. The highest BCUT2D eigenvalue weighted by Gasteiger charge is 2.46. The van der Waals surface area contributed by atoms with Crippen LogP contribution in [0.4, 0.5) is 0 Å². The number of rotatable bonds is 7. The van der Waals surface area contributed by atoms with Crippen molar-refractivity contribution in [2.24, 2.45) is 0 Å². The molecule has 0 aromatic heterocycles. The van der Waals surface area contributed by atoms with Gasteiger partial charge in [-0.25, -0.2) is 0 Å². The van der Waals surface area contributed by atoms with Crippen LogP contribution in [0, 0.1) is 0 Å². The fraction of sp³-hybridized carbons (Fsp3) is 0.364. The highest BCUT2D eigenvalue weighted by atomic mass is 35.5. The summed E-state index contributed by atoms with van der Waals surface area (Å²) >= 11 is 6.21. The number of ether oxygens (including phenoxy) is 1. The molecule has 3 atom stereocenters. The molecule has 2 aliphatic rings. The summed E-state index contributed by atoms with van der Waals surface area (Å²) in [5.41, 5.74) is 2.03. The maximum absolute atomic E-state index is 12.9. The molecular formula is C22H24ClN3O3. The van der Waals surface area contributed by atoms with E-state index < -0.39 is 12.1 Å². The van der Waals surface area contributed by atoms with Crippen molar-refractivity contribution in [1.82, 2.24) is 15.5 Å². The maximum atomic E-state index is 12.9. The molecule has 0 spiro atoms. The molecular weight excluding hydrogens is 390 g/mol. The van der Waals surface area contributed by atoms with Crippen LogP contribution >= 0.6 is 11.6 Å². The third-order valence-corrected chi connectivity index (χ3v) is 5.81. The Balaban J connectivity index is 1.31. The lowest BCUT2D eigenvalue weighted by molar-refractivity contribution is -0.148. The van der Waals surface area contributed by atoms with Crippen LogP contribution in [0.2, 0.25) is 5.02 Å². The molecule has 0 radical (unpaired) electrons. The SMILES string of the molecule is O=C1N[C@@H](COCc2ccccc2)C(=O)N2C[C@@H](NCc3ccccc3Cl)C[C@@H]12. The van der Waals surface area contributed by atoms with E-state index in [0.717, 1.165) is 11.1 Å². The van der Waals surface area contributed by atoms with E-state index in [9.17, 15) is 9.59 Å². The van der Waals surface area contributed by atoms with Crippen molar-refractivity contribution in [3.05, 3.63) is 70.7 Å². The van der Waals surface area contributed by atoms with Gasteiger partial charge in [0, 0.05) is 24.2 Å². The normalized spacial score (nSPS) is 23.8. The lowest BCUT2D eigenvalue weighted by Gasteiger charge is -2.34. The smallest absolute Gasteiger partial charge is 0.248 e. The Morgan fingerprint density at radius 1 is 1.10 bits per heavy atom. The molecule has 7 heteroatoms. The molecule has 2 heterocycles. The second-order valence-electron chi connectivity index (χ2n) is 7.47. The molecule has 152 valence electrons. The average molecular weight is 414 g/mol. The van der Waals surface area contributed by atoms with Crippen molar-refractivity contribution in [3.8, 4) is 0 Å². The monoisotopic (exact) mass is 413 g/mol. The van der Waals surface area contributed by atoms with E-state index in [1.807, 2.05) is 54.6 Å². The van der Waals surface area contributed by atoms with Gasteiger partial charge in [-0.1, -0.05) is 60.1 Å². The molecule has 2 aromatic carbocycles. The number of carbonyl (C=O) groups excluding carboxylic acids is 2. The number of fused-ring (bicyclic) bond motifs is 1. The molecule has 2 aliphatic heterocycles. The first kappa shape index (κ1) is 19.9. The van der Waals surface area contributed by atoms with Crippen LogP contribution in [-0.4, -0.2) is 48.0 Å². The van der Waals surface area contributed by atoms with E-state index in [2.05, 4.69) is 10.6 Å². The third-order valence-electron chi connectivity index (χ3n) is 5.44. The first-order valence-electron chi connectivity index (χ1n) is 9.81. The van der Waals surface area contributed by atoms with E-state index in [-0.39, 0.29) is 24.5 Å². The van der Waals surface area contributed by atoms with E-state index >= 15 is 0 Å². The molecule has 0 saturated carbocycles. The number of hydrogen-bond donors (Lipinski definition) is 2. The minimum Gasteiger partial charge on any atom is -0.374 e. The first-order chi connectivity index (χ1) is 14.1. The lowest BCUT2D eigenvalue weighted by atomic mass is 10.1. The maximum Gasteiger partial charge on any atom is 0.248 e. The van der Waals surface area contributed by atoms with Gasteiger partial charge in [0.15, 0.2) is 0 Å². The minimum absolute atomic E-state index is 0.0509. The summed E-state index contributed by atoms with van der Waals surface area (Å²) in [6, 6.07) is 16.4. The Morgan fingerprint density at radius 2 is 1.86 bits per heavy atom. The molecule has 0 unspecified atom stereocenters. The predicted molar refractivity (Wildman–Crippen MR) is 110 cm³/mol. The molecule has 2 N–H and O–H groups in total. The van der Waals surface area contributed by atoms with Gasteiger partial charge in [0.25, 0.3) is 0 Å². The van der Waals surface area contributed by atoms with Crippen molar-refractivity contribution in [2.45, 2.75) is 37.7 Å². The van der Waals surface area contributed by atoms with Gasteiger partial charge in [0.2, 0.25) is 11.8 Å². The van der Waals surface area contributed by atoms with Gasteiger partial charge in [-0.3, -0.25) is 9.59 Å². The number of nitrogens with one attached hydrogen (secondary N) is 2. The zero-order chi connectivity index (χ0) is 20.2. The van der Waals surface area contributed by atoms with Crippen LogP contribution in [0.3, 0.4) is 0 Å². The van der Waals surface area contributed by atoms with Crippen molar-refractivity contribution < 1.29 is 14.3 Å². The van der Waals surface area contributed by atoms with Gasteiger partial charge in [0.05, 0.1) is 13.2 Å². The van der Waals surface area contributed by atoms with Crippen LogP contribution < -0.4 is 10.6 Å². The Hall–Kier alpha value is -2.41. The summed E-state index contributed by atoms with van der Waals surface area (Å²) in [5, 5.41) is 6.96. The second kappa shape index (κ2) is 8.95. The molecule has 6 nitrogen and oxygen atoms in total. The van der Waals surface area contributed by atoms with E-state index in [0.29, 0.717) is 31.1 Å². The minimum atomic E-state index is -0.634. The molecule has 2 amide bonds. The lowest BCUT2D eigenvalue weighted by Crippen LogP contribution is -2.62. The number of amides is 2. The molecule has 0 bridgehead atoms. The van der Waals surface area contributed by atoms with Crippen LogP contribution in [0.1, 0.15) is 17.5 Å². The molecule has 2 aromatic rings. The summed E-state index contributed by atoms with van der Waals surface area (Å²) in [6.45, 7) is 1.69. The van der Waals surface area contributed by atoms with Crippen LogP contribution in [0.15, 0.2) is 54.6 Å². The topological polar surface area (TPSA) is 70.7 Å². The molecule has 2 fully saturated rings. The fourth-order valence-corrected chi connectivity index (χ4v) is 4.09. The van der Waals surface area contributed by atoms with Crippen molar-refractivity contribution in [3.63, 3.8) is 0 Å². The van der Waals surface area contributed by atoms with Gasteiger partial charge in [-0.15, -0.1) is 0 Å². The van der Waals surface area contributed by atoms with Gasteiger partial charge in [-0.05, 0) is 23.6 Å². The van der Waals surface area contributed by atoms with Crippen LogP contribution in [0.25, 0.3) is 0 Å². The first-order valence-corrected chi connectivity index (χ1v) is 10.2. The van der Waals surface area contributed by atoms with Gasteiger partial charge in [0.1, 0.15) is 12.1 Å². The highest BCUT2D eigenvalue weighted by molar-refractivity contribution is 6.31. The van der Waals surface area contributed by atoms with Crippen molar-refractivity contribution >= 4 is 23.4 Å². The summed E-state index contributed by atoms with van der Waals surface area (Å²) < 4.78 is 5.68. The number of hydrogen-bond acceptors (Lipinski definition) is 4. The number of benzene rings is 2. The summed E-state index contributed by atoms with van der Waals surface area (Å²) in [5.74, 6) is -0.190. The van der Waals surface area contributed by atoms with E-state index in [4.69, 9.17) is 16.3 Å². The van der Waals surface area contributed by atoms with Gasteiger partial charge >= 0.3 is 0 Å². The summed E-state index contributed by atoms with van der Waals surface area (Å²) in [6.07, 6.45) is 0.597. The van der Waals surface area contributed by atoms with Gasteiger partial charge < -0.3 is 20.3 Å². The Kier molecular flexibility index (Phi) is 6.13. The standard InChI is InChI=1S/C22H24ClN3O3/c23-18-9-5-4-8-16(18)11-24-17-10-20-21(27)25-19(22(28)26(20)12-17)14-29-13-15-6-2-1-3-7-15/h1-9,17,19-20,24H,10-14H2,(H,25,27)/t17-,19-,20-/m0/s1. The fourth-order valence-electron chi connectivity index (χ4n) is 3.88. The van der Waals surface area contributed by atoms with Crippen LogP contribution in [0.5, 0.6) is 0 Å². The van der Waals surface area contributed by atoms with Crippen LogP contribution in [-0.2, 0) is 27.5 Å². The van der Waals surface area contributed by atoms with Crippen molar-refractivity contribution in [2.75, 3.05) is 13.2 Å². The second-order valence-corrected chi connectivity index (χ2v) is 7.88. The Labute approximate surface area is 175 Å². The molecule has 0 aliphatic carbocycles. The van der Waals surface area contributed by atoms with E-state index in [1.54, 1.807) is 4.90 Å². The van der Waals surface area contributed by atoms with Crippen molar-refractivity contribution in [1.29, 1.82) is 0 Å².